The van der Waals surface area contributed by atoms with Crippen LogP contribution in [0.5, 0.6) is 5.75 Å². The molecule has 0 saturated carbocycles. The average molecular weight is 555 g/mol. The molecule has 218 valence electrons. The van der Waals surface area contributed by atoms with Gasteiger partial charge >= 0.3 is 0 Å². The van der Waals surface area contributed by atoms with Crippen molar-refractivity contribution in [3.8, 4) is 5.75 Å². The Kier molecular flexibility index (Phi) is 14.4. The van der Waals surface area contributed by atoms with Crippen molar-refractivity contribution in [3.63, 3.8) is 0 Å². The van der Waals surface area contributed by atoms with Crippen molar-refractivity contribution in [3.05, 3.63) is 59.7 Å². The van der Waals surface area contributed by atoms with Crippen LogP contribution in [-0.4, -0.2) is 62.3 Å². The van der Waals surface area contributed by atoms with E-state index in [1.807, 2.05) is 30.3 Å². The Labute approximate surface area is 235 Å². The van der Waals surface area contributed by atoms with Crippen LogP contribution < -0.4 is 37.9 Å². The minimum Gasteiger partial charge on any atom is -0.496 e. The molecule has 0 fully saturated rings. The summed E-state index contributed by atoms with van der Waals surface area (Å²) >= 11 is 0. The number of nitrogens with two attached hydrogens (primary N) is 3. The summed E-state index contributed by atoms with van der Waals surface area (Å²) in [5.41, 5.74) is 18.6. The maximum absolute atomic E-state index is 13.2. The van der Waals surface area contributed by atoms with E-state index in [9.17, 15) is 19.2 Å². The van der Waals surface area contributed by atoms with Gasteiger partial charge in [-0.1, -0.05) is 30.3 Å². The van der Waals surface area contributed by atoms with Gasteiger partial charge in [-0.05, 0) is 81.8 Å². The standard InChI is InChI=1S/C29H42N6O5/c1-40-26-14-13-21(18-23(26)27(37)34-22(19-36)11-5-7-15-30)33-29(39)25(12-6-8-16-31)35-28(38)24(32)17-20-9-3-2-4-10-20/h2-4,9-10,13-14,18-19,22,24-25H,5-8,11-12,15-17,30-32H2,1H3,(H,33,39)(H,34,37)(H,35,38). The van der Waals surface area contributed by atoms with Gasteiger partial charge in [0.15, 0.2) is 0 Å². The van der Waals surface area contributed by atoms with Crippen LogP contribution in [0.2, 0.25) is 0 Å². The van der Waals surface area contributed by atoms with Gasteiger partial charge < -0.3 is 42.7 Å². The number of methoxy groups -OCH3 is 1. The molecule has 0 aliphatic rings. The fourth-order valence-electron chi connectivity index (χ4n) is 4.12. The molecular weight excluding hydrogens is 512 g/mol. The monoisotopic (exact) mass is 554 g/mol. The highest BCUT2D eigenvalue weighted by Gasteiger charge is 2.25. The Morgan fingerprint density at radius 3 is 2.20 bits per heavy atom. The van der Waals surface area contributed by atoms with Crippen molar-refractivity contribution in [2.75, 3.05) is 25.5 Å². The maximum Gasteiger partial charge on any atom is 0.255 e. The Balaban J connectivity index is 2.13. The van der Waals surface area contributed by atoms with E-state index in [-0.39, 0.29) is 11.3 Å². The summed E-state index contributed by atoms with van der Waals surface area (Å²) in [4.78, 5) is 50.5. The number of ether oxygens (including phenoxy) is 1. The molecule has 0 heterocycles. The zero-order chi connectivity index (χ0) is 29.3. The van der Waals surface area contributed by atoms with E-state index in [1.165, 1.54) is 13.2 Å². The molecule has 3 atom stereocenters. The van der Waals surface area contributed by atoms with Gasteiger partial charge in [0.25, 0.3) is 5.91 Å². The molecule has 0 saturated heterocycles. The summed E-state index contributed by atoms with van der Waals surface area (Å²) in [6.45, 7) is 0.961. The number of nitrogens with one attached hydrogen (secondary N) is 3. The van der Waals surface area contributed by atoms with Crippen molar-refractivity contribution in [2.45, 2.75) is 63.1 Å². The maximum atomic E-state index is 13.2. The number of benzene rings is 2. The number of rotatable bonds is 18. The quantitative estimate of drug-likeness (QED) is 0.117. The van der Waals surface area contributed by atoms with Crippen molar-refractivity contribution < 1.29 is 23.9 Å². The van der Waals surface area contributed by atoms with E-state index in [1.54, 1.807) is 12.1 Å². The van der Waals surface area contributed by atoms with Gasteiger partial charge in [-0.3, -0.25) is 14.4 Å². The van der Waals surface area contributed by atoms with Gasteiger partial charge in [0.05, 0.1) is 24.8 Å². The Bertz CT molecular complexity index is 1100. The highest BCUT2D eigenvalue weighted by Crippen LogP contribution is 2.23. The molecule has 0 spiro atoms. The first-order chi connectivity index (χ1) is 19.3. The fourth-order valence-corrected chi connectivity index (χ4v) is 4.12. The third kappa shape index (κ3) is 10.8. The molecular formula is C29H42N6O5. The summed E-state index contributed by atoms with van der Waals surface area (Å²) in [6, 6.07) is 11.6. The molecule has 2 aromatic rings. The van der Waals surface area contributed by atoms with Gasteiger partial charge in [0.2, 0.25) is 11.8 Å². The fraction of sp³-hybridized carbons (Fsp3) is 0.448. The van der Waals surface area contributed by atoms with Crippen molar-refractivity contribution in [1.82, 2.24) is 10.6 Å². The Morgan fingerprint density at radius 2 is 1.57 bits per heavy atom. The van der Waals surface area contributed by atoms with Crippen molar-refractivity contribution in [1.29, 1.82) is 0 Å². The van der Waals surface area contributed by atoms with Crippen LogP contribution in [-0.2, 0) is 20.8 Å². The molecule has 0 aliphatic heterocycles. The minimum atomic E-state index is -0.859. The predicted octanol–water partition coefficient (Wildman–Crippen LogP) is 1.24. The van der Waals surface area contributed by atoms with Crippen LogP contribution in [0.3, 0.4) is 0 Å². The lowest BCUT2D eigenvalue weighted by atomic mass is 10.0. The number of carbonyl (C=O) groups excluding carboxylic acids is 4. The molecule has 0 aromatic heterocycles. The van der Waals surface area contributed by atoms with Crippen LogP contribution in [0.25, 0.3) is 0 Å². The van der Waals surface area contributed by atoms with Gasteiger partial charge in [0, 0.05) is 5.69 Å². The second-order valence-electron chi connectivity index (χ2n) is 9.55. The number of aldehydes is 1. The average Bonchev–Trinajstić information content (AvgIpc) is 2.96. The molecule has 0 radical (unpaired) electrons. The summed E-state index contributed by atoms with van der Waals surface area (Å²) in [5, 5.41) is 8.23. The van der Waals surface area contributed by atoms with E-state index in [4.69, 9.17) is 21.9 Å². The van der Waals surface area contributed by atoms with Crippen LogP contribution >= 0.6 is 0 Å². The molecule has 3 unspecified atom stereocenters. The zero-order valence-corrected chi connectivity index (χ0v) is 23.1. The normalized spacial score (nSPS) is 13.0. The number of carbonyl (C=O) groups is 4. The van der Waals surface area contributed by atoms with E-state index in [0.29, 0.717) is 63.6 Å². The number of unbranched alkanes of at least 4 members (excludes halogenated alkanes) is 2. The number of anilines is 1. The lowest BCUT2D eigenvalue weighted by Gasteiger charge is -2.21. The minimum absolute atomic E-state index is 0.152. The molecule has 11 nitrogen and oxygen atoms in total. The van der Waals surface area contributed by atoms with Gasteiger partial charge in [0.1, 0.15) is 18.1 Å². The predicted molar refractivity (Wildman–Crippen MR) is 155 cm³/mol. The highest BCUT2D eigenvalue weighted by molar-refractivity contribution is 6.02. The molecule has 0 bridgehead atoms. The Hall–Kier alpha value is -3.80. The summed E-state index contributed by atoms with van der Waals surface area (Å²) in [6.07, 6.45) is 4.58. The van der Waals surface area contributed by atoms with Gasteiger partial charge in [-0.25, -0.2) is 0 Å². The lowest BCUT2D eigenvalue weighted by molar-refractivity contribution is -0.127. The molecule has 3 amide bonds. The second-order valence-corrected chi connectivity index (χ2v) is 9.55. The van der Waals surface area contributed by atoms with Crippen LogP contribution in [0.15, 0.2) is 48.5 Å². The van der Waals surface area contributed by atoms with E-state index in [2.05, 4.69) is 16.0 Å². The van der Waals surface area contributed by atoms with E-state index >= 15 is 0 Å². The second kappa shape index (κ2) is 17.7. The zero-order valence-electron chi connectivity index (χ0n) is 23.1. The summed E-state index contributed by atoms with van der Waals surface area (Å²) in [7, 11) is 1.42. The summed E-state index contributed by atoms with van der Waals surface area (Å²) in [5.74, 6) is -1.14. The number of amides is 3. The Morgan fingerprint density at radius 1 is 0.900 bits per heavy atom. The third-order valence-electron chi connectivity index (χ3n) is 6.38. The first-order valence-electron chi connectivity index (χ1n) is 13.6. The van der Waals surface area contributed by atoms with E-state index < -0.39 is 35.8 Å². The van der Waals surface area contributed by atoms with Crippen molar-refractivity contribution in [2.24, 2.45) is 17.2 Å². The molecule has 0 aliphatic carbocycles. The van der Waals surface area contributed by atoms with E-state index in [0.717, 1.165) is 12.0 Å². The van der Waals surface area contributed by atoms with Crippen LogP contribution in [0, 0.1) is 0 Å². The third-order valence-corrected chi connectivity index (χ3v) is 6.38. The van der Waals surface area contributed by atoms with Gasteiger partial charge in [-0.2, -0.15) is 0 Å². The summed E-state index contributed by atoms with van der Waals surface area (Å²) < 4.78 is 5.32. The first kappa shape index (κ1) is 32.4. The van der Waals surface area contributed by atoms with Gasteiger partial charge in [-0.15, -0.1) is 0 Å². The highest BCUT2D eigenvalue weighted by atomic mass is 16.5. The smallest absolute Gasteiger partial charge is 0.255 e. The number of hydrogen-bond donors (Lipinski definition) is 6. The van der Waals surface area contributed by atoms with Crippen LogP contribution in [0.1, 0.15) is 54.4 Å². The lowest BCUT2D eigenvalue weighted by Crippen LogP contribution is -2.50. The molecule has 40 heavy (non-hydrogen) atoms. The SMILES string of the molecule is COc1ccc(NC(=O)C(CCCCN)NC(=O)C(N)Cc2ccccc2)cc1C(=O)NC(C=O)CCCCN. The van der Waals surface area contributed by atoms with Crippen LogP contribution in [0.4, 0.5) is 5.69 Å². The number of hydrogen-bond acceptors (Lipinski definition) is 8. The molecule has 2 rings (SSSR count). The first-order valence-corrected chi connectivity index (χ1v) is 13.6. The molecule has 9 N–H and O–H groups in total. The largest absolute Gasteiger partial charge is 0.496 e. The topological polar surface area (TPSA) is 192 Å². The van der Waals surface area contributed by atoms with Crippen molar-refractivity contribution >= 4 is 29.7 Å². The molecule has 2 aromatic carbocycles. The molecule has 11 heteroatoms.